The van der Waals surface area contributed by atoms with E-state index in [4.69, 9.17) is 13.3 Å². The number of hydrogen-bond acceptors (Lipinski definition) is 3. The standard InChI is InChI=1S/C29H64NO3Si.ClH/c1-7-11-12-13-14-15-16-17-18-19-20-21-22-23-24-25-27-30(5,6)28-26-29-34(31-8-2,32-9-3)33-10-4;/h7-29H2,1-6H3;1H/q+1;/p-1. The van der Waals surface area contributed by atoms with E-state index in [2.05, 4.69) is 21.0 Å². The summed E-state index contributed by atoms with van der Waals surface area (Å²) in [6.07, 6.45) is 24.0. The molecule has 0 amide bonds. The molecule has 0 rings (SSSR count). The van der Waals surface area contributed by atoms with Crippen molar-refractivity contribution in [2.75, 3.05) is 47.0 Å². The molecule has 0 heterocycles. The van der Waals surface area contributed by atoms with Crippen LogP contribution in [-0.2, 0) is 13.3 Å². The first-order valence-corrected chi connectivity index (χ1v) is 17.1. The van der Waals surface area contributed by atoms with Gasteiger partial charge in [0.15, 0.2) is 0 Å². The molecular formula is C29H64ClNO3Si. The largest absolute Gasteiger partial charge is 1.00 e. The zero-order valence-electron chi connectivity index (χ0n) is 24.8. The summed E-state index contributed by atoms with van der Waals surface area (Å²) in [7, 11) is 2.26. The fourth-order valence-electron chi connectivity index (χ4n) is 4.92. The summed E-state index contributed by atoms with van der Waals surface area (Å²) in [4.78, 5) is 0. The highest BCUT2D eigenvalue weighted by atomic mass is 35.5. The number of rotatable bonds is 27. The molecule has 0 aliphatic carbocycles. The van der Waals surface area contributed by atoms with E-state index in [0.29, 0.717) is 19.8 Å². The van der Waals surface area contributed by atoms with Crippen LogP contribution in [0.5, 0.6) is 0 Å². The summed E-state index contributed by atoms with van der Waals surface area (Å²) in [5.74, 6) is 0. The second-order valence-electron chi connectivity index (χ2n) is 10.8. The summed E-state index contributed by atoms with van der Waals surface area (Å²) in [5.41, 5.74) is 0. The second-order valence-corrected chi connectivity index (χ2v) is 13.5. The van der Waals surface area contributed by atoms with Gasteiger partial charge in [0, 0.05) is 32.3 Å². The molecule has 0 aromatic carbocycles. The maximum Gasteiger partial charge on any atom is 0.501 e. The predicted octanol–water partition coefficient (Wildman–Crippen LogP) is 5.77. The summed E-state index contributed by atoms with van der Waals surface area (Å²) < 4.78 is 19.1. The number of quaternary nitrogens is 1. The van der Waals surface area contributed by atoms with Gasteiger partial charge in [0.25, 0.3) is 0 Å². The van der Waals surface area contributed by atoms with Crippen LogP contribution in [0.15, 0.2) is 0 Å². The van der Waals surface area contributed by atoms with Crippen LogP contribution in [0.4, 0.5) is 0 Å². The quantitative estimate of drug-likeness (QED) is 0.0756. The number of unbranched alkanes of at least 4 members (excludes halogenated alkanes) is 15. The smallest absolute Gasteiger partial charge is 0.501 e. The second kappa shape index (κ2) is 26.0. The maximum atomic E-state index is 6.01. The lowest BCUT2D eigenvalue weighted by molar-refractivity contribution is -0.890. The minimum absolute atomic E-state index is 0. The van der Waals surface area contributed by atoms with Gasteiger partial charge in [-0.1, -0.05) is 96.8 Å². The lowest BCUT2D eigenvalue weighted by atomic mass is 10.0. The molecule has 0 bridgehead atoms. The first-order chi connectivity index (χ1) is 16.4. The molecule has 4 nitrogen and oxygen atoms in total. The molecule has 0 aliphatic rings. The van der Waals surface area contributed by atoms with Crippen molar-refractivity contribution >= 4 is 8.80 Å². The fourth-order valence-corrected chi connectivity index (χ4v) is 7.52. The summed E-state index contributed by atoms with van der Waals surface area (Å²) >= 11 is 0. The summed E-state index contributed by atoms with van der Waals surface area (Å²) in [5, 5.41) is 0. The van der Waals surface area contributed by atoms with E-state index in [9.17, 15) is 0 Å². The number of halogens is 1. The monoisotopic (exact) mass is 537 g/mol. The zero-order chi connectivity index (χ0) is 25.4. The Morgan fingerprint density at radius 2 is 0.771 bits per heavy atom. The first kappa shape index (κ1) is 37.5. The predicted molar refractivity (Wildman–Crippen MR) is 151 cm³/mol. The molecule has 0 saturated carbocycles. The van der Waals surface area contributed by atoms with Gasteiger partial charge in [0.2, 0.25) is 0 Å². The third-order valence-electron chi connectivity index (χ3n) is 6.96. The van der Waals surface area contributed by atoms with E-state index in [1.165, 1.54) is 116 Å². The van der Waals surface area contributed by atoms with E-state index < -0.39 is 8.80 Å². The third-order valence-corrected chi connectivity index (χ3v) is 10.1. The molecule has 0 aliphatic heterocycles. The van der Waals surface area contributed by atoms with Crippen LogP contribution < -0.4 is 12.4 Å². The van der Waals surface area contributed by atoms with E-state index in [1.54, 1.807) is 0 Å². The molecule has 0 aromatic rings. The molecule has 0 unspecified atom stereocenters. The molecule has 0 N–H and O–H groups in total. The Morgan fingerprint density at radius 1 is 0.457 bits per heavy atom. The Kier molecular flexibility index (Phi) is 27.8. The molecule has 0 fully saturated rings. The Labute approximate surface area is 228 Å². The highest BCUT2D eigenvalue weighted by Crippen LogP contribution is 2.20. The van der Waals surface area contributed by atoms with Crippen LogP contribution in [0.2, 0.25) is 6.04 Å². The Balaban J connectivity index is 0. The highest BCUT2D eigenvalue weighted by molar-refractivity contribution is 6.60. The van der Waals surface area contributed by atoms with E-state index in [1.807, 2.05) is 20.8 Å². The Hall–Kier alpha value is 0.347. The summed E-state index contributed by atoms with van der Waals surface area (Å²) in [6, 6.07) is 0.934. The molecule has 214 valence electrons. The van der Waals surface area contributed by atoms with Crippen LogP contribution in [0.3, 0.4) is 0 Å². The van der Waals surface area contributed by atoms with Crippen LogP contribution in [-0.4, -0.2) is 60.3 Å². The van der Waals surface area contributed by atoms with Crippen molar-refractivity contribution < 1.29 is 30.2 Å². The Morgan fingerprint density at radius 3 is 1.11 bits per heavy atom. The average Bonchev–Trinajstić information content (AvgIpc) is 2.79. The minimum Gasteiger partial charge on any atom is -1.00 e. The molecule has 35 heavy (non-hydrogen) atoms. The van der Waals surface area contributed by atoms with Crippen molar-refractivity contribution in [2.45, 2.75) is 143 Å². The van der Waals surface area contributed by atoms with Gasteiger partial charge in [-0.05, 0) is 33.6 Å². The fraction of sp³-hybridized carbons (Fsp3) is 1.00. The van der Waals surface area contributed by atoms with Crippen LogP contribution in [0, 0.1) is 0 Å². The van der Waals surface area contributed by atoms with Crippen LogP contribution in [0.25, 0.3) is 0 Å². The molecule has 0 aromatic heterocycles. The topological polar surface area (TPSA) is 27.7 Å². The zero-order valence-corrected chi connectivity index (χ0v) is 26.6. The van der Waals surface area contributed by atoms with Gasteiger partial charge in [0.1, 0.15) is 0 Å². The van der Waals surface area contributed by atoms with E-state index in [-0.39, 0.29) is 12.4 Å². The third kappa shape index (κ3) is 23.2. The van der Waals surface area contributed by atoms with Crippen molar-refractivity contribution in [2.24, 2.45) is 0 Å². The number of nitrogens with zero attached hydrogens (tertiary/aromatic N) is 1. The van der Waals surface area contributed by atoms with Crippen molar-refractivity contribution in [1.82, 2.24) is 0 Å². The number of hydrogen-bond donors (Lipinski definition) is 0. The molecule has 6 heteroatoms. The molecule has 0 atom stereocenters. The van der Waals surface area contributed by atoms with Gasteiger partial charge in [-0.2, -0.15) is 0 Å². The maximum absolute atomic E-state index is 6.01. The minimum atomic E-state index is -2.48. The highest BCUT2D eigenvalue weighted by Gasteiger charge is 2.40. The molecule has 0 saturated heterocycles. The summed E-state index contributed by atoms with van der Waals surface area (Å²) in [6.45, 7) is 12.9. The van der Waals surface area contributed by atoms with Crippen molar-refractivity contribution in [3.8, 4) is 0 Å². The van der Waals surface area contributed by atoms with Crippen LogP contribution in [0.1, 0.15) is 137 Å². The van der Waals surface area contributed by atoms with Gasteiger partial charge < -0.3 is 30.2 Å². The van der Waals surface area contributed by atoms with Gasteiger partial charge in [-0.15, -0.1) is 0 Å². The van der Waals surface area contributed by atoms with Crippen LogP contribution >= 0.6 is 0 Å². The molecule has 0 spiro atoms. The van der Waals surface area contributed by atoms with E-state index >= 15 is 0 Å². The lowest BCUT2D eigenvalue weighted by Crippen LogP contribution is -3.00. The normalized spacial score (nSPS) is 12.2. The van der Waals surface area contributed by atoms with Crippen molar-refractivity contribution in [3.63, 3.8) is 0 Å². The average molecular weight is 538 g/mol. The lowest BCUT2D eigenvalue weighted by Gasteiger charge is -2.32. The molecule has 0 radical (unpaired) electrons. The van der Waals surface area contributed by atoms with Gasteiger partial charge in [-0.25, -0.2) is 0 Å². The van der Waals surface area contributed by atoms with Gasteiger partial charge in [0.05, 0.1) is 27.2 Å². The van der Waals surface area contributed by atoms with E-state index in [0.717, 1.165) is 16.9 Å². The van der Waals surface area contributed by atoms with Crippen molar-refractivity contribution in [3.05, 3.63) is 0 Å². The molecular weight excluding hydrogens is 474 g/mol. The SMILES string of the molecule is CCCCCCCCCCCCCCCCCC[N+](C)(C)CCC[Si](OCC)(OCC)OCC.[Cl-]. The van der Waals surface area contributed by atoms with Crippen molar-refractivity contribution in [1.29, 1.82) is 0 Å². The first-order valence-electron chi connectivity index (χ1n) is 15.2. The van der Waals surface area contributed by atoms with Gasteiger partial charge in [-0.3, -0.25) is 0 Å². The van der Waals surface area contributed by atoms with Gasteiger partial charge >= 0.3 is 8.80 Å². The Bertz CT molecular complexity index is 410.